The molecule has 0 bridgehead atoms. The molecule has 8 heteroatoms. The summed E-state index contributed by atoms with van der Waals surface area (Å²) in [4.78, 5) is 9.21. The zero-order valence-electron chi connectivity index (χ0n) is 19.7. The van der Waals surface area contributed by atoms with Crippen LogP contribution >= 0.6 is 0 Å². The Hall–Kier alpha value is -3.65. The second-order valence-electron chi connectivity index (χ2n) is 8.46. The second kappa shape index (κ2) is 10.3. The fourth-order valence-corrected chi connectivity index (χ4v) is 4.11. The van der Waals surface area contributed by atoms with Gasteiger partial charge in [-0.05, 0) is 49.7 Å². The van der Waals surface area contributed by atoms with Gasteiger partial charge < -0.3 is 15.6 Å². The number of imidazole rings is 1. The predicted octanol–water partition coefficient (Wildman–Crippen LogP) is 6.23. The highest BCUT2D eigenvalue weighted by Crippen LogP contribution is 2.37. The van der Waals surface area contributed by atoms with Crippen molar-refractivity contribution in [2.45, 2.75) is 32.0 Å². The van der Waals surface area contributed by atoms with Crippen molar-refractivity contribution in [1.29, 1.82) is 0 Å². The van der Waals surface area contributed by atoms with Crippen molar-refractivity contribution in [3.05, 3.63) is 89.9 Å². The summed E-state index contributed by atoms with van der Waals surface area (Å²) in [5, 5.41) is 3.41. The molecule has 0 aliphatic heterocycles. The number of pyridine rings is 1. The summed E-state index contributed by atoms with van der Waals surface area (Å²) in [6.45, 7) is 2.55. The quantitative estimate of drug-likeness (QED) is 0.314. The molecule has 2 aromatic heterocycles. The Morgan fingerprint density at radius 2 is 1.77 bits per heavy atom. The van der Waals surface area contributed by atoms with Gasteiger partial charge in [0.2, 0.25) is 0 Å². The van der Waals surface area contributed by atoms with Gasteiger partial charge in [0.15, 0.2) is 0 Å². The first-order valence-electron chi connectivity index (χ1n) is 11.5. The average Bonchev–Trinajstić information content (AvgIpc) is 3.19. The first-order valence-corrected chi connectivity index (χ1v) is 11.5. The zero-order chi connectivity index (χ0) is 25.0. The van der Waals surface area contributed by atoms with Crippen molar-refractivity contribution in [3.63, 3.8) is 0 Å². The van der Waals surface area contributed by atoms with Crippen molar-refractivity contribution >= 4 is 5.82 Å². The predicted molar refractivity (Wildman–Crippen MR) is 133 cm³/mol. The van der Waals surface area contributed by atoms with E-state index in [2.05, 4.69) is 10.3 Å². The van der Waals surface area contributed by atoms with E-state index in [-0.39, 0.29) is 6.04 Å². The smallest absolute Gasteiger partial charge is 0.364 e. The van der Waals surface area contributed by atoms with Gasteiger partial charge in [0, 0.05) is 36.8 Å². The fraction of sp³-hybridized carbons (Fsp3) is 0.259. The van der Waals surface area contributed by atoms with Crippen LogP contribution in [-0.2, 0) is 19.6 Å². The van der Waals surface area contributed by atoms with Crippen LogP contribution in [0.2, 0.25) is 0 Å². The van der Waals surface area contributed by atoms with Crippen LogP contribution in [-0.4, -0.2) is 21.1 Å². The van der Waals surface area contributed by atoms with Crippen LogP contribution in [0.5, 0.6) is 0 Å². The monoisotopic (exact) mass is 479 g/mol. The molecule has 0 aliphatic carbocycles. The number of hydrogen-bond acceptors (Lipinski definition) is 4. The molecule has 5 nitrogen and oxygen atoms in total. The number of rotatable bonds is 8. The lowest BCUT2D eigenvalue weighted by molar-refractivity contribution is -0.137. The van der Waals surface area contributed by atoms with Crippen LogP contribution in [0.4, 0.5) is 19.0 Å². The van der Waals surface area contributed by atoms with Crippen LogP contribution in [0.1, 0.15) is 36.3 Å². The Bertz CT molecular complexity index is 1280. The molecule has 0 fully saturated rings. The zero-order valence-corrected chi connectivity index (χ0v) is 19.7. The maximum atomic E-state index is 13.4. The molecular formula is C27H28F3N5. The average molecular weight is 480 g/mol. The lowest BCUT2D eigenvalue weighted by Crippen LogP contribution is -2.08. The summed E-state index contributed by atoms with van der Waals surface area (Å²) >= 11 is 0. The Morgan fingerprint density at radius 1 is 1.00 bits per heavy atom. The highest BCUT2D eigenvalue weighted by atomic mass is 19.4. The molecule has 0 saturated heterocycles. The minimum Gasteiger partial charge on any atom is -0.364 e. The number of aryl methyl sites for hydroxylation is 1. The van der Waals surface area contributed by atoms with E-state index in [1.807, 2.05) is 61.0 Å². The molecule has 0 unspecified atom stereocenters. The molecule has 0 aliphatic rings. The van der Waals surface area contributed by atoms with E-state index in [1.165, 1.54) is 6.07 Å². The lowest BCUT2D eigenvalue weighted by atomic mass is 10.0. The number of anilines is 1. The van der Waals surface area contributed by atoms with Crippen LogP contribution in [0.3, 0.4) is 0 Å². The molecule has 182 valence electrons. The standard InChI is InChI=1S/C27H28F3N5/c1-18(19-8-4-3-5-9-19)33-23-17-21(13-15-32-23)26-25(34-24(35(26)2)12-7-14-31)20-10-6-11-22(16-20)27(28,29)30/h3-6,8-11,13,15-18H,7,12,14,31H2,1-2H3,(H,32,33)/t18-/m0/s1. The molecule has 0 amide bonds. The minimum absolute atomic E-state index is 0.0218. The van der Waals surface area contributed by atoms with Gasteiger partial charge >= 0.3 is 6.18 Å². The molecule has 35 heavy (non-hydrogen) atoms. The van der Waals surface area contributed by atoms with Gasteiger partial charge in [0.1, 0.15) is 11.6 Å². The largest absolute Gasteiger partial charge is 0.416 e. The highest BCUT2D eigenvalue weighted by Gasteiger charge is 2.31. The van der Waals surface area contributed by atoms with Gasteiger partial charge in [-0.25, -0.2) is 9.97 Å². The van der Waals surface area contributed by atoms with Crippen molar-refractivity contribution in [3.8, 4) is 22.5 Å². The maximum Gasteiger partial charge on any atom is 0.416 e. The molecule has 4 rings (SSSR count). The fourth-order valence-electron chi connectivity index (χ4n) is 4.11. The third kappa shape index (κ3) is 5.54. The lowest BCUT2D eigenvalue weighted by Gasteiger charge is -2.16. The molecule has 0 radical (unpaired) electrons. The molecule has 4 aromatic rings. The summed E-state index contributed by atoms with van der Waals surface area (Å²) in [7, 11) is 1.88. The number of alkyl halides is 3. The van der Waals surface area contributed by atoms with Crippen molar-refractivity contribution in [1.82, 2.24) is 14.5 Å². The van der Waals surface area contributed by atoms with Gasteiger partial charge in [0.25, 0.3) is 0 Å². The second-order valence-corrected chi connectivity index (χ2v) is 8.46. The van der Waals surface area contributed by atoms with Gasteiger partial charge in [0.05, 0.1) is 17.0 Å². The molecule has 2 aromatic carbocycles. The Morgan fingerprint density at radius 3 is 2.49 bits per heavy atom. The summed E-state index contributed by atoms with van der Waals surface area (Å²) in [5.74, 6) is 1.43. The molecular weight excluding hydrogens is 451 g/mol. The van der Waals surface area contributed by atoms with Gasteiger partial charge in [-0.2, -0.15) is 13.2 Å². The van der Waals surface area contributed by atoms with Gasteiger partial charge in [-0.1, -0.05) is 42.5 Å². The third-order valence-electron chi connectivity index (χ3n) is 5.95. The normalized spacial score (nSPS) is 12.5. The number of nitrogens with one attached hydrogen (secondary N) is 1. The van der Waals surface area contributed by atoms with Crippen molar-refractivity contribution in [2.75, 3.05) is 11.9 Å². The Kier molecular flexibility index (Phi) is 7.21. The summed E-state index contributed by atoms with van der Waals surface area (Å²) in [6.07, 6.45) is -1.39. The maximum absolute atomic E-state index is 13.4. The van der Waals surface area contributed by atoms with E-state index >= 15 is 0 Å². The number of nitrogens with two attached hydrogens (primary N) is 1. The molecule has 0 saturated carbocycles. The van der Waals surface area contributed by atoms with Crippen LogP contribution in [0, 0.1) is 0 Å². The Balaban J connectivity index is 1.77. The number of benzene rings is 2. The van der Waals surface area contributed by atoms with Crippen molar-refractivity contribution < 1.29 is 13.2 Å². The molecule has 1 atom stereocenters. The third-order valence-corrected chi connectivity index (χ3v) is 5.95. The van der Waals surface area contributed by atoms with Crippen LogP contribution < -0.4 is 11.1 Å². The van der Waals surface area contributed by atoms with Gasteiger partial charge in [-0.3, -0.25) is 0 Å². The summed E-state index contributed by atoms with van der Waals surface area (Å²) in [6, 6.07) is 19.1. The number of nitrogens with zero attached hydrogens (tertiary/aromatic N) is 3. The van der Waals surface area contributed by atoms with Crippen LogP contribution in [0.25, 0.3) is 22.5 Å². The summed E-state index contributed by atoms with van der Waals surface area (Å²) < 4.78 is 42.2. The molecule has 0 spiro atoms. The number of halogens is 3. The Labute approximate surface area is 202 Å². The first kappa shape index (κ1) is 24.5. The van der Waals surface area contributed by atoms with Crippen LogP contribution in [0.15, 0.2) is 72.9 Å². The molecule has 2 heterocycles. The highest BCUT2D eigenvalue weighted by molar-refractivity contribution is 5.80. The minimum atomic E-state index is -4.44. The van der Waals surface area contributed by atoms with E-state index in [1.54, 1.807) is 12.3 Å². The first-order chi connectivity index (χ1) is 16.8. The van der Waals surface area contributed by atoms with Crippen molar-refractivity contribution in [2.24, 2.45) is 12.8 Å². The molecule has 3 N–H and O–H groups in total. The SMILES string of the molecule is C[C@H](Nc1cc(-c2c(-c3cccc(C(F)(F)F)c3)nc(CCCN)n2C)ccn1)c1ccccc1. The number of aromatic nitrogens is 3. The van der Waals surface area contributed by atoms with E-state index in [0.717, 1.165) is 41.2 Å². The topological polar surface area (TPSA) is 68.8 Å². The number of hydrogen-bond donors (Lipinski definition) is 2. The van der Waals surface area contributed by atoms with Gasteiger partial charge in [-0.15, -0.1) is 0 Å². The van der Waals surface area contributed by atoms with E-state index in [0.29, 0.717) is 30.0 Å². The van der Waals surface area contributed by atoms with E-state index in [4.69, 9.17) is 10.7 Å². The van der Waals surface area contributed by atoms with E-state index in [9.17, 15) is 13.2 Å². The summed E-state index contributed by atoms with van der Waals surface area (Å²) in [5.41, 5.74) is 8.56. The van der Waals surface area contributed by atoms with E-state index < -0.39 is 11.7 Å².